The smallest absolute Gasteiger partial charge is 0.225 e. The van der Waals surface area contributed by atoms with E-state index in [0.29, 0.717) is 12.0 Å². The Morgan fingerprint density at radius 3 is 2.67 bits per heavy atom. The van der Waals surface area contributed by atoms with E-state index in [-0.39, 0.29) is 12.4 Å². The van der Waals surface area contributed by atoms with Gasteiger partial charge in [0.2, 0.25) is 5.95 Å². The van der Waals surface area contributed by atoms with Crippen molar-refractivity contribution >= 4 is 18.4 Å². The van der Waals surface area contributed by atoms with E-state index in [9.17, 15) is 4.39 Å². The second-order valence-corrected chi connectivity index (χ2v) is 3.46. The van der Waals surface area contributed by atoms with Crippen LogP contribution in [-0.4, -0.2) is 36.1 Å². The maximum Gasteiger partial charge on any atom is 0.225 e. The molecule has 4 nitrogen and oxygen atoms in total. The second kappa shape index (κ2) is 5.23. The molecule has 0 bridgehead atoms. The molecule has 0 aromatic carbocycles. The summed E-state index contributed by atoms with van der Waals surface area (Å²) in [5.74, 6) is 0.187. The second-order valence-electron chi connectivity index (χ2n) is 3.46. The van der Waals surface area contributed by atoms with Crippen LogP contribution in [0.25, 0.3) is 0 Å². The third kappa shape index (κ3) is 2.76. The van der Waals surface area contributed by atoms with Crippen LogP contribution in [0.3, 0.4) is 0 Å². The molecule has 84 valence electrons. The van der Waals surface area contributed by atoms with Gasteiger partial charge in [-0.1, -0.05) is 0 Å². The van der Waals surface area contributed by atoms with Gasteiger partial charge in [-0.25, -0.2) is 14.4 Å². The fourth-order valence-corrected chi connectivity index (χ4v) is 1.62. The van der Waals surface area contributed by atoms with Gasteiger partial charge in [0.25, 0.3) is 0 Å². The highest BCUT2D eigenvalue weighted by molar-refractivity contribution is 5.85. The fraction of sp³-hybridized carbons (Fsp3) is 0.556. The monoisotopic (exact) mass is 232 g/mol. The van der Waals surface area contributed by atoms with E-state index in [0.717, 1.165) is 19.5 Å². The zero-order valence-electron chi connectivity index (χ0n) is 8.48. The van der Waals surface area contributed by atoms with Crippen molar-refractivity contribution in [1.82, 2.24) is 15.3 Å². The van der Waals surface area contributed by atoms with Gasteiger partial charge < -0.3 is 10.2 Å². The Morgan fingerprint density at radius 2 is 2.13 bits per heavy atom. The third-order valence-electron chi connectivity index (χ3n) is 2.50. The molecule has 1 fully saturated rings. The van der Waals surface area contributed by atoms with E-state index in [4.69, 9.17) is 0 Å². The van der Waals surface area contributed by atoms with Crippen molar-refractivity contribution in [3.8, 4) is 0 Å². The SMILES string of the molecule is CN(c1ncc(F)cn1)[C@@H]1CCNC1.Cl. The minimum Gasteiger partial charge on any atom is -0.340 e. The van der Waals surface area contributed by atoms with Crippen molar-refractivity contribution in [2.75, 3.05) is 25.0 Å². The largest absolute Gasteiger partial charge is 0.340 e. The molecule has 15 heavy (non-hydrogen) atoms. The van der Waals surface area contributed by atoms with E-state index in [1.165, 1.54) is 12.4 Å². The minimum atomic E-state index is -0.397. The first-order valence-corrected chi connectivity index (χ1v) is 4.68. The standard InChI is InChI=1S/C9H13FN4.ClH/c1-14(8-2-3-11-6-8)9-12-4-7(10)5-13-9;/h4-5,8,11H,2-3,6H2,1H3;1H/t8-;/m1./s1. The van der Waals surface area contributed by atoms with Gasteiger partial charge in [0.05, 0.1) is 12.4 Å². The summed E-state index contributed by atoms with van der Waals surface area (Å²) in [7, 11) is 1.94. The Kier molecular flexibility index (Phi) is 4.23. The molecule has 1 aromatic heterocycles. The Labute approximate surface area is 94.3 Å². The summed E-state index contributed by atoms with van der Waals surface area (Å²) >= 11 is 0. The molecule has 0 amide bonds. The lowest BCUT2D eigenvalue weighted by molar-refractivity contribution is 0.606. The quantitative estimate of drug-likeness (QED) is 0.821. The highest BCUT2D eigenvalue weighted by atomic mass is 35.5. The minimum absolute atomic E-state index is 0. The van der Waals surface area contributed by atoms with Gasteiger partial charge in [0, 0.05) is 19.6 Å². The first-order valence-electron chi connectivity index (χ1n) is 4.68. The van der Waals surface area contributed by atoms with E-state index in [1.54, 1.807) is 0 Å². The molecule has 0 saturated carbocycles. The van der Waals surface area contributed by atoms with Crippen LogP contribution in [0.15, 0.2) is 12.4 Å². The molecular formula is C9H14ClFN4. The van der Waals surface area contributed by atoms with Crippen LogP contribution in [-0.2, 0) is 0 Å². The number of hydrogen-bond donors (Lipinski definition) is 1. The molecule has 1 aliphatic heterocycles. The molecule has 2 heterocycles. The topological polar surface area (TPSA) is 41.1 Å². The molecule has 0 aliphatic carbocycles. The number of aromatic nitrogens is 2. The zero-order valence-corrected chi connectivity index (χ0v) is 9.30. The molecule has 1 aromatic rings. The van der Waals surface area contributed by atoms with Crippen LogP contribution in [0.2, 0.25) is 0 Å². The zero-order chi connectivity index (χ0) is 9.97. The van der Waals surface area contributed by atoms with Gasteiger partial charge in [-0.3, -0.25) is 0 Å². The summed E-state index contributed by atoms with van der Waals surface area (Å²) in [5.41, 5.74) is 0. The number of halogens is 2. The number of anilines is 1. The summed E-state index contributed by atoms with van der Waals surface area (Å²) in [6, 6.07) is 0.417. The Morgan fingerprint density at radius 1 is 1.47 bits per heavy atom. The summed E-state index contributed by atoms with van der Waals surface area (Å²) in [4.78, 5) is 9.86. The predicted molar refractivity (Wildman–Crippen MR) is 58.9 cm³/mol. The summed E-state index contributed by atoms with van der Waals surface area (Å²) in [6.07, 6.45) is 3.47. The van der Waals surface area contributed by atoms with E-state index in [1.807, 2.05) is 11.9 Å². The first kappa shape index (κ1) is 12.1. The lowest BCUT2D eigenvalue weighted by Crippen LogP contribution is -2.34. The van der Waals surface area contributed by atoms with E-state index < -0.39 is 5.82 Å². The van der Waals surface area contributed by atoms with Gasteiger partial charge >= 0.3 is 0 Å². The van der Waals surface area contributed by atoms with Gasteiger partial charge in [-0.05, 0) is 13.0 Å². The van der Waals surface area contributed by atoms with E-state index >= 15 is 0 Å². The summed E-state index contributed by atoms with van der Waals surface area (Å²) < 4.78 is 12.6. The molecule has 2 rings (SSSR count). The van der Waals surface area contributed by atoms with Crippen LogP contribution >= 0.6 is 12.4 Å². The molecule has 0 unspecified atom stereocenters. The summed E-state index contributed by atoms with van der Waals surface area (Å²) in [6.45, 7) is 1.97. The summed E-state index contributed by atoms with van der Waals surface area (Å²) in [5, 5.41) is 3.26. The van der Waals surface area contributed by atoms with Gasteiger partial charge in [0.1, 0.15) is 0 Å². The number of hydrogen-bond acceptors (Lipinski definition) is 4. The Balaban J connectivity index is 0.00000112. The lowest BCUT2D eigenvalue weighted by atomic mass is 10.2. The molecule has 1 N–H and O–H groups in total. The number of nitrogens with one attached hydrogen (secondary N) is 1. The Hall–Kier alpha value is -0.940. The van der Waals surface area contributed by atoms with Crippen LogP contribution in [0.1, 0.15) is 6.42 Å². The number of likely N-dealkylation sites (N-methyl/N-ethyl adjacent to an activating group) is 1. The van der Waals surface area contributed by atoms with Crippen LogP contribution in [0, 0.1) is 5.82 Å². The van der Waals surface area contributed by atoms with Crippen LogP contribution in [0.5, 0.6) is 0 Å². The van der Waals surface area contributed by atoms with Gasteiger partial charge in [0.15, 0.2) is 5.82 Å². The van der Waals surface area contributed by atoms with Crippen molar-refractivity contribution in [2.45, 2.75) is 12.5 Å². The lowest BCUT2D eigenvalue weighted by Gasteiger charge is -2.23. The van der Waals surface area contributed by atoms with Crippen molar-refractivity contribution < 1.29 is 4.39 Å². The van der Waals surface area contributed by atoms with Crippen molar-refractivity contribution in [3.63, 3.8) is 0 Å². The molecule has 1 atom stereocenters. The number of rotatable bonds is 2. The molecule has 1 aliphatic rings. The van der Waals surface area contributed by atoms with Crippen molar-refractivity contribution in [3.05, 3.63) is 18.2 Å². The maximum atomic E-state index is 12.6. The van der Waals surface area contributed by atoms with Crippen molar-refractivity contribution in [2.24, 2.45) is 0 Å². The average Bonchev–Trinajstić information content (AvgIpc) is 2.71. The Bertz CT molecular complexity index is 299. The molecule has 1 saturated heterocycles. The van der Waals surface area contributed by atoms with Crippen LogP contribution in [0.4, 0.5) is 10.3 Å². The number of nitrogens with zero attached hydrogens (tertiary/aromatic N) is 3. The molecule has 6 heteroatoms. The predicted octanol–water partition coefficient (Wildman–Crippen LogP) is 0.836. The van der Waals surface area contributed by atoms with E-state index in [2.05, 4.69) is 15.3 Å². The van der Waals surface area contributed by atoms with Gasteiger partial charge in [-0.2, -0.15) is 0 Å². The van der Waals surface area contributed by atoms with Crippen molar-refractivity contribution in [1.29, 1.82) is 0 Å². The highest BCUT2D eigenvalue weighted by Crippen LogP contribution is 2.12. The van der Waals surface area contributed by atoms with Crippen LogP contribution < -0.4 is 10.2 Å². The maximum absolute atomic E-state index is 12.6. The normalized spacial score (nSPS) is 19.7. The first-order chi connectivity index (χ1) is 6.77. The fourth-order valence-electron chi connectivity index (χ4n) is 1.62. The average molecular weight is 233 g/mol. The molecule has 0 spiro atoms. The highest BCUT2D eigenvalue weighted by Gasteiger charge is 2.20. The van der Waals surface area contributed by atoms with Gasteiger partial charge in [-0.15, -0.1) is 12.4 Å². The molecular weight excluding hydrogens is 219 g/mol. The molecule has 0 radical (unpaired) electrons. The third-order valence-corrected chi connectivity index (χ3v) is 2.50.